The first kappa shape index (κ1) is 23.8. The summed E-state index contributed by atoms with van der Waals surface area (Å²) in [6, 6.07) is 21.6. The smallest absolute Gasteiger partial charge is 0.163 e. The maximum atomic E-state index is 13.9. The van der Waals surface area contributed by atoms with E-state index in [0.29, 0.717) is 24.3 Å². The summed E-state index contributed by atoms with van der Waals surface area (Å²) in [6.45, 7) is 4.02. The molecule has 0 spiro atoms. The second-order valence-electron chi connectivity index (χ2n) is 9.49. The maximum Gasteiger partial charge on any atom is 0.163 e. The van der Waals surface area contributed by atoms with Crippen molar-refractivity contribution in [2.24, 2.45) is 0 Å². The molecule has 1 heterocycles. The fourth-order valence-electron chi connectivity index (χ4n) is 5.15. The molecule has 1 aliphatic heterocycles. The fourth-order valence-corrected chi connectivity index (χ4v) is 5.15. The molecule has 3 aromatic rings. The molecule has 0 radical (unpaired) electrons. The number of hydrogen-bond acceptors (Lipinski definition) is 6. The minimum Gasteiger partial charge on any atom is -0.493 e. The molecule has 0 amide bonds. The first-order chi connectivity index (χ1) is 17.5. The Bertz CT molecular complexity index is 1310. The Labute approximate surface area is 212 Å². The number of anilines is 2. The Kier molecular flexibility index (Phi) is 6.59. The van der Waals surface area contributed by atoms with Gasteiger partial charge in [-0.1, -0.05) is 36.4 Å². The van der Waals surface area contributed by atoms with Gasteiger partial charge in [0, 0.05) is 23.3 Å². The van der Waals surface area contributed by atoms with Crippen LogP contribution in [0.15, 0.2) is 78.0 Å². The number of fused-ring (bicyclic) bond motifs is 1. The van der Waals surface area contributed by atoms with E-state index in [2.05, 4.69) is 10.6 Å². The minimum absolute atomic E-state index is 0.0206. The molecule has 2 atom stereocenters. The molecule has 5 rings (SSSR count). The van der Waals surface area contributed by atoms with Gasteiger partial charge in [0.2, 0.25) is 0 Å². The van der Waals surface area contributed by atoms with Crippen LogP contribution >= 0.6 is 0 Å². The van der Waals surface area contributed by atoms with E-state index in [1.165, 1.54) is 0 Å². The molecule has 0 fully saturated rings. The summed E-state index contributed by atoms with van der Waals surface area (Å²) < 4.78 is 17.1. The van der Waals surface area contributed by atoms with Gasteiger partial charge >= 0.3 is 0 Å². The summed E-state index contributed by atoms with van der Waals surface area (Å²) in [6.07, 6.45) is 1.14. The largest absolute Gasteiger partial charge is 0.493 e. The normalized spacial score (nSPS) is 19.0. The highest BCUT2D eigenvalue weighted by molar-refractivity contribution is 6.01. The van der Waals surface area contributed by atoms with E-state index >= 15 is 0 Å². The second kappa shape index (κ2) is 9.97. The van der Waals surface area contributed by atoms with E-state index in [0.717, 1.165) is 39.5 Å². The molecule has 2 N–H and O–H groups in total. The van der Waals surface area contributed by atoms with Gasteiger partial charge < -0.3 is 24.8 Å². The SMILES string of the molecule is COc1ccc([C@@H]2CC(=O)C3=C(C2)Nc2ccccc2N[C@H]3c2ccccc2OC(C)C)cc1OC. The summed E-state index contributed by atoms with van der Waals surface area (Å²) in [5.74, 6) is 2.27. The summed E-state index contributed by atoms with van der Waals surface area (Å²) in [4.78, 5) is 13.9. The number of nitrogens with one attached hydrogen (secondary N) is 2. The van der Waals surface area contributed by atoms with E-state index < -0.39 is 0 Å². The van der Waals surface area contributed by atoms with E-state index in [9.17, 15) is 4.79 Å². The lowest BCUT2D eigenvalue weighted by Gasteiger charge is -2.31. The number of hydrogen-bond donors (Lipinski definition) is 2. The predicted molar refractivity (Wildman–Crippen MR) is 142 cm³/mol. The van der Waals surface area contributed by atoms with Crippen LogP contribution < -0.4 is 24.8 Å². The van der Waals surface area contributed by atoms with Gasteiger partial charge in [-0.05, 0) is 62.1 Å². The number of benzene rings is 3. The lowest BCUT2D eigenvalue weighted by molar-refractivity contribution is -0.116. The van der Waals surface area contributed by atoms with E-state index in [-0.39, 0.29) is 23.8 Å². The number of ketones is 1. The molecule has 1 aliphatic carbocycles. The summed E-state index contributed by atoms with van der Waals surface area (Å²) >= 11 is 0. The van der Waals surface area contributed by atoms with Crippen molar-refractivity contribution in [3.63, 3.8) is 0 Å². The molecule has 0 saturated carbocycles. The lowest BCUT2D eigenvalue weighted by atomic mass is 9.78. The van der Waals surface area contributed by atoms with E-state index in [1.807, 2.05) is 80.6 Å². The fraction of sp³-hybridized carbons (Fsp3) is 0.300. The van der Waals surface area contributed by atoms with E-state index in [1.54, 1.807) is 14.2 Å². The van der Waals surface area contributed by atoms with Crippen LogP contribution in [0.1, 0.15) is 49.8 Å². The summed E-state index contributed by atoms with van der Waals surface area (Å²) in [5, 5.41) is 7.25. The van der Waals surface area contributed by atoms with Crippen molar-refractivity contribution in [3.8, 4) is 17.2 Å². The Morgan fingerprint density at radius 3 is 2.31 bits per heavy atom. The first-order valence-electron chi connectivity index (χ1n) is 12.3. The van der Waals surface area contributed by atoms with Gasteiger partial charge in [0.25, 0.3) is 0 Å². The molecule has 6 nitrogen and oxygen atoms in total. The standard InChI is InChI=1S/C30H32N2O4/c1-18(2)36-26-12-8-5-9-21(26)30-29-24(31-22-10-6-7-11-23(22)32-30)15-20(16-25(29)33)19-13-14-27(34-3)28(17-19)35-4/h5-14,17-18,20,30-32H,15-16H2,1-4H3/t20-,30-/m0/s1. The van der Waals surface area contributed by atoms with Crippen LogP contribution in [0.3, 0.4) is 0 Å². The Hall–Kier alpha value is -3.93. The molecule has 0 aromatic heterocycles. The van der Waals surface area contributed by atoms with Gasteiger partial charge in [0.1, 0.15) is 5.75 Å². The monoisotopic (exact) mass is 484 g/mol. The van der Waals surface area contributed by atoms with E-state index in [4.69, 9.17) is 14.2 Å². The second-order valence-corrected chi connectivity index (χ2v) is 9.49. The minimum atomic E-state index is -0.329. The summed E-state index contributed by atoms with van der Waals surface area (Å²) in [7, 11) is 3.25. The Morgan fingerprint density at radius 2 is 1.56 bits per heavy atom. The van der Waals surface area contributed by atoms with Crippen LogP contribution in [0.5, 0.6) is 17.2 Å². The number of carbonyl (C=O) groups is 1. The van der Waals surface area contributed by atoms with Crippen molar-refractivity contribution in [1.29, 1.82) is 0 Å². The van der Waals surface area contributed by atoms with Crippen LogP contribution in [0.2, 0.25) is 0 Å². The molecule has 3 aromatic carbocycles. The zero-order valence-electron chi connectivity index (χ0n) is 21.1. The molecule has 186 valence electrons. The average Bonchev–Trinajstić information content (AvgIpc) is 3.05. The molecular formula is C30H32N2O4. The zero-order valence-corrected chi connectivity index (χ0v) is 21.1. The van der Waals surface area contributed by atoms with Crippen LogP contribution in [-0.4, -0.2) is 26.1 Å². The quantitative estimate of drug-likeness (QED) is 0.418. The van der Waals surface area contributed by atoms with Crippen LogP contribution in [0, 0.1) is 0 Å². The highest BCUT2D eigenvalue weighted by atomic mass is 16.5. The molecule has 6 heteroatoms. The van der Waals surface area contributed by atoms with Crippen molar-refractivity contribution in [2.45, 2.75) is 44.8 Å². The predicted octanol–water partition coefficient (Wildman–Crippen LogP) is 6.47. The third-order valence-electron chi connectivity index (χ3n) is 6.78. The maximum absolute atomic E-state index is 13.9. The van der Waals surface area contributed by atoms with Crippen molar-refractivity contribution >= 4 is 17.2 Å². The first-order valence-corrected chi connectivity index (χ1v) is 12.3. The van der Waals surface area contributed by atoms with Gasteiger partial charge in [-0.3, -0.25) is 4.79 Å². The third-order valence-corrected chi connectivity index (χ3v) is 6.78. The molecule has 0 unspecified atom stereocenters. The van der Waals surface area contributed by atoms with Gasteiger partial charge in [-0.25, -0.2) is 0 Å². The van der Waals surface area contributed by atoms with Crippen molar-refractivity contribution in [1.82, 2.24) is 0 Å². The van der Waals surface area contributed by atoms with Crippen LogP contribution in [-0.2, 0) is 4.79 Å². The molecule has 0 bridgehead atoms. The topological polar surface area (TPSA) is 68.8 Å². The van der Waals surface area contributed by atoms with Crippen LogP contribution in [0.4, 0.5) is 11.4 Å². The highest BCUT2D eigenvalue weighted by Crippen LogP contribution is 2.46. The number of ether oxygens (including phenoxy) is 3. The zero-order chi connectivity index (χ0) is 25.2. The molecule has 36 heavy (non-hydrogen) atoms. The number of carbonyl (C=O) groups excluding carboxylic acids is 1. The third kappa shape index (κ3) is 4.51. The van der Waals surface area contributed by atoms with Crippen molar-refractivity contribution in [2.75, 3.05) is 24.9 Å². The van der Waals surface area contributed by atoms with Crippen molar-refractivity contribution in [3.05, 3.63) is 89.1 Å². The Balaban J connectivity index is 1.60. The van der Waals surface area contributed by atoms with Gasteiger partial charge in [-0.15, -0.1) is 0 Å². The van der Waals surface area contributed by atoms with Crippen molar-refractivity contribution < 1.29 is 19.0 Å². The lowest BCUT2D eigenvalue weighted by Crippen LogP contribution is -2.27. The molecular weight excluding hydrogens is 452 g/mol. The number of methoxy groups -OCH3 is 2. The number of rotatable bonds is 6. The Morgan fingerprint density at radius 1 is 0.833 bits per heavy atom. The number of allylic oxidation sites excluding steroid dienone is 1. The summed E-state index contributed by atoms with van der Waals surface area (Å²) in [5.41, 5.74) is 5.62. The average molecular weight is 485 g/mol. The highest BCUT2D eigenvalue weighted by Gasteiger charge is 2.37. The molecule has 2 aliphatic rings. The van der Waals surface area contributed by atoms with Gasteiger partial charge in [0.05, 0.1) is 37.7 Å². The number of Topliss-reactive ketones (excluding diaryl/α,β-unsaturated/α-hetero) is 1. The number of para-hydroxylation sites is 3. The molecule has 0 saturated heterocycles. The van der Waals surface area contributed by atoms with Gasteiger partial charge in [0.15, 0.2) is 17.3 Å². The van der Waals surface area contributed by atoms with Gasteiger partial charge in [-0.2, -0.15) is 0 Å². The van der Waals surface area contributed by atoms with Crippen LogP contribution in [0.25, 0.3) is 0 Å².